The van der Waals surface area contributed by atoms with Crippen molar-refractivity contribution in [1.82, 2.24) is 0 Å². The molecule has 0 heterocycles. The molecule has 2 heteroatoms. The molecule has 114 valence electrons. The maximum atomic E-state index is 6.03. The number of benzene rings is 3. The van der Waals surface area contributed by atoms with Crippen molar-refractivity contribution >= 4 is 27.5 Å². The van der Waals surface area contributed by atoms with Crippen molar-refractivity contribution in [2.75, 3.05) is 0 Å². The molecule has 0 saturated heterocycles. The van der Waals surface area contributed by atoms with E-state index >= 15 is 0 Å². The van der Waals surface area contributed by atoms with Gasteiger partial charge in [-0.25, -0.2) is 0 Å². The monoisotopic (exact) mass is 382 g/mol. The third kappa shape index (κ3) is 2.26. The number of halogens is 2. The minimum absolute atomic E-state index is 0.0216. The first-order chi connectivity index (χ1) is 11.0. The molecule has 1 aliphatic rings. The minimum atomic E-state index is 0.0216. The van der Waals surface area contributed by atoms with Crippen LogP contribution in [0.3, 0.4) is 0 Å². The summed E-state index contributed by atoms with van der Waals surface area (Å²) < 4.78 is 1.12. The second-order valence-electron chi connectivity index (χ2n) is 6.56. The molecule has 0 aromatic heterocycles. The predicted molar refractivity (Wildman–Crippen MR) is 102 cm³/mol. The maximum absolute atomic E-state index is 6.03. The summed E-state index contributed by atoms with van der Waals surface area (Å²) in [5.41, 5.74) is 7.86. The lowest BCUT2D eigenvalue weighted by Gasteiger charge is -2.22. The van der Waals surface area contributed by atoms with Crippen LogP contribution in [0, 0.1) is 0 Å². The average molecular weight is 384 g/mol. The third-order valence-corrected chi connectivity index (χ3v) is 5.73. The molecule has 0 N–H and O–H groups in total. The highest BCUT2D eigenvalue weighted by Gasteiger charge is 2.35. The van der Waals surface area contributed by atoms with Gasteiger partial charge in [0.05, 0.1) is 0 Å². The lowest BCUT2D eigenvalue weighted by molar-refractivity contribution is 0.660. The number of hydrogen-bond acceptors (Lipinski definition) is 0. The number of rotatable bonds is 1. The van der Waals surface area contributed by atoms with E-state index in [1.807, 2.05) is 12.1 Å². The quantitative estimate of drug-likeness (QED) is 0.421. The molecule has 0 amide bonds. The average Bonchev–Trinajstić information content (AvgIpc) is 2.76. The lowest BCUT2D eigenvalue weighted by atomic mass is 9.81. The van der Waals surface area contributed by atoms with Gasteiger partial charge in [-0.2, -0.15) is 0 Å². The molecule has 0 nitrogen and oxygen atoms in total. The van der Waals surface area contributed by atoms with E-state index in [2.05, 4.69) is 78.3 Å². The fraction of sp³-hybridized carbons (Fsp3) is 0.143. The lowest BCUT2D eigenvalue weighted by Crippen LogP contribution is -2.14. The summed E-state index contributed by atoms with van der Waals surface area (Å²) in [6.45, 7) is 4.61. The van der Waals surface area contributed by atoms with Crippen molar-refractivity contribution in [2.24, 2.45) is 0 Å². The SMILES string of the molecule is CC1(C)c2ccccc2-c2cc(Br)c(-c3ccc(Cl)cc3)cc21. The zero-order chi connectivity index (χ0) is 16.2. The summed E-state index contributed by atoms with van der Waals surface area (Å²) >= 11 is 9.79. The van der Waals surface area contributed by atoms with E-state index in [4.69, 9.17) is 11.6 Å². The molecule has 0 atom stereocenters. The Bertz CT molecular complexity index is 908. The van der Waals surface area contributed by atoms with Crippen LogP contribution in [-0.4, -0.2) is 0 Å². The maximum Gasteiger partial charge on any atom is 0.0406 e. The van der Waals surface area contributed by atoms with Crippen molar-refractivity contribution in [3.63, 3.8) is 0 Å². The topological polar surface area (TPSA) is 0 Å². The molecule has 23 heavy (non-hydrogen) atoms. The van der Waals surface area contributed by atoms with Crippen LogP contribution in [0.1, 0.15) is 25.0 Å². The van der Waals surface area contributed by atoms with Gasteiger partial charge in [0.1, 0.15) is 0 Å². The van der Waals surface area contributed by atoms with Crippen molar-refractivity contribution in [1.29, 1.82) is 0 Å². The second kappa shape index (κ2) is 5.22. The Kier molecular flexibility index (Phi) is 3.40. The Morgan fingerprint density at radius 3 is 2.22 bits per heavy atom. The Morgan fingerprint density at radius 2 is 1.48 bits per heavy atom. The molecule has 3 aromatic carbocycles. The fourth-order valence-electron chi connectivity index (χ4n) is 3.57. The predicted octanol–water partition coefficient (Wildman–Crippen LogP) is 7.08. The van der Waals surface area contributed by atoms with Crippen LogP contribution < -0.4 is 0 Å². The van der Waals surface area contributed by atoms with Crippen LogP contribution in [0.4, 0.5) is 0 Å². The molecule has 3 aromatic rings. The minimum Gasteiger partial charge on any atom is -0.0843 e. The number of hydrogen-bond donors (Lipinski definition) is 0. The third-order valence-electron chi connectivity index (χ3n) is 4.83. The molecule has 0 saturated carbocycles. The summed E-state index contributed by atoms with van der Waals surface area (Å²) in [7, 11) is 0. The highest BCUT2D eigenvalue weighted by molar-refractivity contribution is 9.10. The normalized spacial score (nSPS) is 14.4. The summed E-state index contributed by atoms with van der Waals surface area (Å²) in [4.78, 5) is 0. The molecule has 0 aliphatic heterocycles. The van der Waals surface area contributed by atoms with E-state index in [1.54, 1.807) is 0 Å². The fourth-order valence-corrected chi connectivity index (χ4v) is 4.27. The van der Waals surface area contributed by atoms with Gasteiger partial charge in [0, 0.05) is 14.9 Å². The van der Waals surface area contributed by atoms with Gasteiger partial charge in [0.2, 0.25) is 0 Å². The Hall–Kier alpha value is -1.57. The van der Waals surface area contributed by atoms with Crippen LogP contribution in [0.2, 0.25) is 5.02 Å². The zero-order valence-electron chi connectivity index (χ0n) is 13.0. The van der Waals surface area contributed by atoms with Crippen LogP contribution in [0.25, 0.3) is 22.3 Å². The Morgan fingerprint density at radius 1 is 0.783 bits per heavy atom. The van der Waals surface area contributed by atoms with Gasteiger partial charge in [-0.1, -0.05) is 77.8 Å². The molecule has 0 unspecified atom stereocenters. The van der Waals surface area contributed by atoms with E-state index in [-0.39, 0.29) is 5.41 Å². The van der Waals surface area contributed by atoms with Gasteiger partial charge in [-0.15, -0.1) is 0 Å². The number of fused-ring (bicyclic) bond motifs is 3. The smallest absolute Gasteiger partial charge is 0.0406 e. The van der Waals surface area contributed by atoms with E-state index in [1.165, 1.54) is 33.4 Å². The summed E-state index contributed by atoms with van der Waals surface area (Å²) in [6, 6.07) is 21.3. The molecule has 0 bridgehead atoms. The van der Waals surface area contributed by atoms with Crippen LogP contribution in [-0.2, 0) is 5.41 Å². The van der Waals surface area contributed by atoms with Gasteiger partial charge in [0.15, 0.2) is 0 Å². The van der Waals surface area contributed by atoms with Gasteiger partial charge in [-0.3, -0.25) is 0 Å². The van der Waals surface area contributed by atoms with E-state index in [0.29, 0.717) is 0 Å². The van der Waals surface area contributed by atoms with Gasteiger partial charge in [0.25, 0.3) is 0 Å². The van der Waals surface area contributed by atoms with Gasteiger partial charge in [-0.05, 0) is 57.6 Å². The zero-order valence-corrected chi connectivity index (χ0v) is 15.4. The van der Waals surface area contributed by atoms with Gasteiger partial charge < -0.3 is 0 Å². The van der Waals surface area contributed by atoms with Crippen LogP contribution in [0.15, 0.2) is 65.1 Å². The first-order valence-electron chi connectivity index (χ1n) is 7.68. The van der Waals surface area contributed by atoms with Crippen molar-refractivity contribution in [3.8, 4) is 22.3 Å². The molecule has 0 spiro atoms. The summed E-state index contributed by atoms with van der Waals surface area (Å²) in [5.74, 6) is 0. The van der Waals surface area contributed by atoms with Gasteiger partial charge >= 0.3 is 0 Å². The first-order valence-corrected chi connectivity index (χ1v) is 8.85. The highest BCUT2D eigenvalue weighted by atomic mass is 79.9. The summed E-state index contributed by atoms with van der Waals surface area (Å²) in [6.07, 6.45) is 0. The van der Waals surface area contributed by atoms with E-state index in [0.717, 1.165) is 9.50 Å². The van der Waals surface area contributed by atoms with E-state index in [9.17, 15) is 0 Å². The first kappa shape index (κ1) is 15.0. The van der Waals surface area contributed by atoms with Crippen LogP contribution >= 0.6 is 27.5 Å². The standard InChI is InChI=1S/C21H16BrCl/c1-21(2)18-6-4-3-5-15(18)17-12-20(22)16(11-19(17)21)13-7-9-14(23)10-8-13/h3-12H,1-2H3. The molecule has 0 radical (unpaired) electrons. The largest absolute Gasteiger partial charge is 0.0843 e. The van der Waals surface area contributed by atoms with Crippen molar-refractivity contribution < 1.29 is 0 Å². The highest BCUT2D eigenvalue weighted by Crippen LogP contribution is 2.51. The Balaban J connectivity index is 1.96. The molecular formula is C21H16BrCl. The molecule has 0 fully saturated rings. The van der Waals surface area contributed by atoms with Crippen molar-refractivity contribution in [2.45, 2.75) is 19.3 Å². The molecular weight excluding hydrogens is 368 g/mol. The van der Waals surface area contributed by atoms with E-state index < -0.39 is 0 Å². The van der Waals surface area contributed by atoms with Crippen molar-refractivity contribution in [3.05, 3.63) is 81.3 Å². The molecule has 1 aliphatic carbocycles. The second-order valence-corrected chi connectivity index (χ2v) is 7.85. The summed E-state index contributed by atoms with van der Waals surface area (Å²) in [5, 5.41) is 0.763. The van der Waals surface area contributed by atoms with Crippen LogP contribution in [0.5, 0.6) is 0 Å². The molecule has 4 rings (SSSR count). The Labute approximate surface area is 150 Å².